The van der Waals surface area contributed by atoms with Crippen LogP contribution in [-0.2, 0) is 25.7 Å². The predicted molar refractivity (Wildman–Crippen MR) is 104 cm³/mol. The number of carbonyl (C=O) groups is 1. The molecule has 0 bridgehead atoms. The first-order valence-corrected chi connectivity index (χ1v) is 10.3. The molecule has 0 spiro atoms. The van der Waals surface area contributed by atoms with E-state index in [4.69, 9.17) is 0 Å². The molecule has 26 heavy (non-hydrogen) atoms. The molecule has 0 radical (unpaired) electrons. The van der Waals surface area contributed by atoms with E-state index in [1.165, 1.54) is 35.4 Å². The Morgan fingerprint density at radius 1 is 1.08 bits per heavy atom. The molecule has 1 saturated heterocycles. The highest BCUT2D eigenvalue weighted by Crippen LogP contribution is 2.39. The first-order chi connectivity index (χ1) is 12.8. The molecule has 136 valence electrons. The van der Waals surface area contributed by atoms with Crippen molar-refractivity contribution in [3.05, 3.63) is 58.4 Å². The summed E-state index contributed by atoms with van der Waals surface area (Å²) in [4.78, 5) is 19.5. The van der Waals surface area contributed by atoms with Gasteiger partial charge in [0, 0.05) is 36.0 Å². The summed E-state index contributed by atoms with van der Waals surface area (Å²) in [6, 6.07) is 10.7. The van der Waals surface area contributed by atoms with Crippen LogP contribution in [-0.4, -0.2) is 35.3 Å². The third kappa shape index (κ3) is 2.83. The van der Waals surface area contributed by atoms with Crippen molar-refractivity contribution >= 4 is 5.78 Å². The SMILES string of the molecule is O=C1c2c([nH]c3c2CCCC3)C[C@@H]2CCN(CCc3ccccc3)C[C@@H]12. The number of carbonyl (C=O) groups excluding carboxylic acids is 1. The zero-order chi connectivity index (χ0) is 17.5. The van der Waals surface area contributed by atoms with E-state index in [9.17, 15) is 4.79 Å². The molecule has 2 aromatic rings. The van der Waals surface area contributed by atoms with Crippen molar-refractivity contribution in [3.63, 3.8) is 0 Å². The Morgan fingerprint density at radius 3 is 2.81 bits per heavy atom. The Kier molecular flexibility index (Phi) is 4.20. The number of benzene rings is 1. The number of aryl methyl sites for hydroxylation is 1. The average molecular weight is 348 g/mol. The van der Waals surface area contributed by atoms with Gasteiger partial charge in [-0.05, 0) is 68.5 Å². The number of ketones is 1. The number of Topliss-reactive ketones (excluding diaryl/α,β-unsaturated/α-hetero) is 1. The minimum Gasteiger partial charge on any atom is -0.361 e. The third-order valence-electron chi connectivity index (χ3n) is 6.82. The predicted octanol–water partition coefficient (Wildman–Crippen LogP) is 3.81. The van der Waals surface area contributed by atoms with Gasteiger partial charge >= 0.3 is 0 Å². The molecule has 3 heteroatoms. The molecule has 1 fully saturated rings. The normalized spacial score (nSPS) is 25.5. The Labute approximate surface area is 155 Å². The summed E-state index contributed by atoms with van der Waals surface area (Å²) in [5.74, 6) is 1.21. The number of hydrogen-bond donors (Lipinski definition) is 1. The fourth-order valence-corrected chi connectivity index (χ4v) is 5.39. The number of fused-ring (bicyclic) bond motifs is 4. The van der Waals surface area contributed by atoms with E-state index >= 15 is 0 Å². The summed E-state index contributed by atoms with van der Waals surface area (Å²) in [6.45, 7) is 3.16. The van der Waals surface area contributed by atoms with Gasteiger partial charge in [0.1, 0.15) is 0 Å². The number of aromatic amines is 1. The highest BCUT2D eigenvalue weighted by Gasteiger charge is 2.41. The molecule has 1 aromatic heterocycles. The van der Waals surface area contributed by atoms with Gasteiger partial charge in [0.15, 0.2) is 5.78 Å². The molecular weight excluding hydrogens is 320 g/mol. The van der Waals surface area contributed by atoms with Gasteiger partial charge in [0.25, 0.3) is 0 Å². The second kappa shape index (κ2) is 6.70. The Bertz CT molecular complexity index is 807. The van der Waals surface area contributed by atoms with Gasteiger partial charge in [-0.1, -0.05) is 30.3 Å². The lowest BCUT2D eigenvalue weighted by Crippen LogP contribution is -2.47. The van der Waals surface area contributed by atoms with E-state index in [-0.39, 0.29) is 5.92 Å². The van der Waals surface area contributed by atoms with E-state index in [1.54, 1.807) is 0 Å². The number of hydrogen-bond acceptors (Lipinski definition) is 2. The van der Waals surface area contributed by atoms with Crippen molar-refractivity contribution in [1.82, 2.24) is 9.88 Å². The lowest BCUT2D eigenvalue weighted by atomic mass is 9.72. The lowest BCUT2D eigenvalue weighted by molar-refractivity contribution is 0.0662. The van der Waals surface area contributed by atoms with Gasteiger partial charge in [-0.25, -0.2) is 0 Å². The smallest absolute Gasteiger partial charge is 0.169 e. The maximum absolute atomic E-state index is 13.4. The average Bonchev–Trinajstić information content (AvgIpc) is 3.06. The van der Waals surface area contributed by atoms with Crippen LogP contribution in [0.5, 0.6) is 0 Å². The van der Waals surface area contributed by atoms with Crippen LogP contribution in [0.3, 0.4) is 0 Å². The number of piperidine rings is 1. The van der Waals surface area contributed by atoms with E-state index in [0.29, 0.717) is 11.7 Å². The molecule has 5 rings (SSSR count). The Balaban J connectivity index is 1.32. The zero-order valence-corrected chi connectivity index (χ0v) is 15.5. The first-order valence-electron chi connectivity index (χ1n) is 10.3. The molecule has 3 aliphatic rings. The van der Waals surface area contributed by atoms with Crippen molar-refractivity contribution in [2.45, 2.75) is 44.9 Å². The molecule has 1 aromatic carbocycles. The fraction of sp³-hybridized carbons (Fsp3) is 0.522. The van der Waals surface area contributed by atoms with Gasteiger partial charge in [-0.3, -0.25) is 4.79 Å². The minimum absolute atomic E-state index is 0.217. The summed E-state index contributed by atoms with van der Waals surface area (Å²) >= 11 is 0. The summed E-state index contributed by atoms with van der Waals surface area (Å²) in [7, 11) is 0. The second-order valence-electron chi connectivity index (χ2n) is 8.40. The highest BCUT2D eigenvalue weighted by atomic mass is 16.1. The largest absolute Gasteiger partial charge is 0.361 e. The first kappa shape index (κ1) is 16.3. The van der Waals surface area contributed by atoms with E-state index in [1.807, 2.05) is 0 Å². The number of H-pyrrole nitrogens is 1. The maximum atomic E-state index is 13.4. The molecule has 1 aliphatic heterocycles. The summed E-state index contributed by atoms with van der Waals surface area (Å²) < 4.78 is 0. The number of nitrogens with zero attached hydrogens (tertiary/aromatic N) is 1. The standard InChI is InChI=1S/C23H28N2O/c26-23-19-15-25(12-10-16-6-2-1-3-7-16)13-11-17(19)14-21-22(23)18-8-4-5-9-20(18)24-21/h1-3,6-7,17,19,24H,4-5,8-15H2/t17-,19+/m0/s1. The summed E-state index contributed by atoms with van der Waals surface area (Å²) in [5.41, 5.74) is 6.50. The number of rotatable bonds is 3. The molecule has 0 saturated carbocycles. The molecular formula is C23H28N2O. The van der Waals surface area contributed by atoms with Gasteiger partial charge in [-0.15, -0.1) is 0 Å². The monoisotopic (exact) mass is 348 g/mol. The van der Waals surface area contributed by atoms with E-state index < -0.39 is 0 Å². The van der Waals surface area contributed by atoms with Crippen LogP contribution in [0.2, 0.25) is 0 Å². The van der Waals surface area contributed by atoms with Crippen LogP contribution in [0, 0.1) is 11.8 Å². The van der Waals surface area contributed by atoms with Crippen LogP contribution < -0.4 is 0 Å². The molecule has 2 atom stereocenters. The van der Waals surface area contributed by atoms with Gasteiger partial charge < -0.3 is 9.88 Å². The highest BCUT2D eigenvalue weighted by molar-refractivity contribution is 6.02. The molecule has 0 unspecified atom stereocenters. The Hall–Kier alpha value is -1.87. The molecule has 2 aliphatic carbocycles. The van der Waals surface area contributed by atoms with Gasteiger partial charge in [0.2, 0.25) is 0 Å². The summed E-state index contributed by atoms with van der Waals surface area (Å²) in [6.07, 6.45) is 8.07. The fourth-order valence-electron chi connectivity index (χ4n) is 5.39. The quantitative estimate of drug-likeness (QED) is 0.915. The molecule has 0 amide bonds. The molecule has 3 nitrogen and oxygen atoms in total. The number of likely N-dealkylation sites (tertiary alicyclic amines) is 1. The second-order valence-corrected chi connectivity index (χ2v) is 8.40. The third-order valence-corrected chi connectivity index (χ3v) is 6.82. The van der Waals surface area contributed by atoms with Crippen LogP contribution >= 0.6 is 0 Å². The van der Waals surface area contributed by atoms with Gasteiger partial charge in [0.05, 0.1) is 0 Å². The number of nitrogens with one attached hydrogen (secondary N) is 1. The van der Waals surface area contributed by atoms with Crippen molar-refractivity contribution in [2.24, 2.45) is 11.8 Å². The Morgan fingerprint density at radius 2 is 1.92 bits per heavy atom. The van der Waals surface area contributed by atoms with Crippen molar-refractivity contribution in [2.75, 3.05) is 19.6 Å². The van der Waals surface area contributed by atoms with Crippen LogP contribution in [0.4, 0.5) is 0 Å². The van der Waals surface area contributed by atoms with E-state index in [0.717, 1.165) is 57.3 Å². The zero-order valence-electron chi connectivity index (χ0n) is 15.5. The van der Waals surface area contributed by atoms with Crippen LogP contribution in [0.15, 0.2) is 30.3 Å². The summed E-state index contributed by atoms with van der Waals surface area (Å²) in [5, 5.41) is 0. The van der Waals surface area contributed by atoms with Crippen molar-refractivity contribution in [3.8, 4) is 0 Å². The topological polar surface area (TPSA) is 36.1 Å². The number of aromatic nitrogens is 1. The van der Waals surface area contributed by atoms with Crippen LogP contribution in [0.25, 0.3) is 0 Å². The molecule has 1 N–H and O–H groups in total. The van der Waals surface area contributed by atoms with Gasteiger partial charge in [-0.2, -0.15) is 0 Å². The maximum Gasteiger partial charge on any atom is 0.169 e. The minimum atomic E-state index is 0.217. The molecule has 2 heterocycles. The van der Waals surface area contributed by atoms with E-state index in [2.05, 4.69) is 40.2 Å². The van der Waals surface area contributed by atoms with Crippen molar-refractivity contribution < 1.29 is 4.79 Å². The van der Waals surface area contributed by atoms with Crippen LogP contribution in [0.1, 0.15) is 52.1 Å². The lowest BCUT2D eigenvalue weighted by Gasteiger charge is -2.40. The van der Waals surface area contributed by atoms with Crippen molar-refractivity contribution in [1.29, 1.82) is 0 Å².